The summed E-state index contributed by atoms with van der Waals surface area (Å²) in [5.41, 5.74) is 7.74. The fraction of sp³-hybridized carbons (Fsp3) is 0.600. The zero-order valence-corrected chi connectivity index (χ0v) is 11.5. The van der Waals surface area contributed by atoms with Crippen LogP contribution in [0.2, 0.25) is 0 Å². The Kier molecular flexibility index (Phi) is 4.93. The molecule has 0 radical (unpaired) electrons. The van der Waals surface area contributed by atoms with Crippen LogP contribution in [0.5, 0.6) is 0 Å². The van der Waals surface area contributed by atoms with Gasteiger partial charge in [-0.3, -0.25) is 0 Å². The van der Waals surface area contributed by atoms with Gasteiger partial charge in [0.05, 0.1) is 0 Å². The average Bonchev–Trinajstić information content (AvgIpc) is 2.67. The maximum Gasteiger partial charge on any atom is 0.0323 e. The van der Waals surface area contributed by atoms with Crippen LogP contribution in [0.15, 0.2) is 29.2 Å². The highest BCUT2D eigenvalue weighted by atomic mass is 32.2. The van der Waals surface area contributed by atoms with E-state index >= 15 is 0 Å². The summed E-state index contributed by atoms with van der Waals surface area (Å²) in [5.74, 6) is 0.692. The van der Waals surface area contributed by atoms with Crippen LogP contribution in [0.1, 0.15) is 50.1 Å². The quantitative estimate of drug-likeness (QED) is 0.635. The Morgan fingerprint density at radius 2 is 1.65 bits per heavy atom. The van der Waals surface area contributed by atoms with Crippen LogP contribution in [0.3, 0.4) is 0 Å². The fourth-order valence-electron chi connectivity index (χ4n) is 2.77. The number of benzene rings is 1. The lowest BCUT2D eigenvalue weighted by atomic mass is 9.88. The molecule has 1 unspecified atom stereocenters. The van der Waals surface area contributed by atoms with Crippen molar-refractivity contribution in [2.45, 2.75) is 49.5 Å². The Morgan fingerprint density at radius 1 is 1.06 bits per heavy atom. The van der Waals surface area contributed by atoms with Gasteiger partial charge in [-0.05, 0) is 42.7 Å². The van der Waals surface area contributed by atoms with E-state index in [2.05, 4.69) is 30.5 Å². The molecule has 1 saturated carbocycles. The first-order chi connectivity index (χ1) is 8.31. The molecule has 0 bridgehead atoms. The molecule has 0 saturated heterocycles. The molecule has 17 heavy (non-hydrogen) atoms. The van der Waals surface area contributed by atoms with Gasteiger partial charge in [0.1, 0.15) is 0 Å². The highest BCUT2D eigenvalue weighted by molar-refractivity contribution is 7.98. The lowest BCUT2D eigenvalue weighted by Gasteiger charge is -2.22. The van der Waals surface area contributed by atoms with Crippen LogP contribution in [-0.2, 0) is 0 Å². The van der Waals surface area contributed by atoms with Crippen molar-refractivity contribution in [3.05, 3.63) is 29.8 Å². The van der Waals surface area contributed by atoms with E-state index in [0.717, 1.165) is 0 Å². The van der Waals surface area contributed by atoms with Gasteiger partial charge in [-0.15, -0.1) is 11.8 Å². The molecule has 0 heterocycles. The largest absolute Gasteiger partial charge is 0.324 e. The van der Waals surface area contributed by atoms with Crippen molar-refractivity contribution >= 4 is 11.8 Å². The van der Waals surface area contributed by atoms with E-state index in [9.17, 15) is 0 Å². The van der Waals surface area contributed by atoms with Gasteiger partial charge in [-0.25, -0.2) is 0 Å². The zero-order valence-electron chi connectivity index (χ0n) is 10.7. The number of rotatable bonds is 3. The second kappa shape index (κ2) is 6.46. The number of hydrogen-bond donors (Lipinski definition) is 1. The summed E-state index contributed by atoms with van der Waals surface area (Å²) in [6, 6.07) is 9.04. The maximum atomic E-state index is 6.42. The third kappa shape index (κ3) is 3.49. The minimum Gasteiger partial charge on any atom is -0.324 e. The van der Waals surface area contributed by atoms with Gasteiger partial charge in [0.25, 0.3) is 0 Å². The first-order valence-corrected chi connectivity index (χ1v) is 7.93. The Bertz CT molecular complexity index is 325. The van der Waals surface area contributed by atoms with E-state index in [1.54, 1.807) is 11.8 Å². The van der Waals surface area contributed by atoms with Crippen LogP contribution in [0.25, 0.3) is 0 Å². The Morgan fingerprint density at radius 3 is 2.18 bits per heavy atom. The molecular formula is C15H23NS. The molecule has 1 aliphatic carbocycles. The van der Waals surface area contributed by atoms with Gasteiger partial charge in [0.15, 0.2) is 0 Å². The SMILES string of the molecule is CSc1ccc(C(N)C2CCCCCC2)cc1. The second-order valence-electron chi connectivity index (χ2n) is 5.05. The second-order valence-corrected chi connectivity index (χ2v) is 5.93. The predicted molar refractivity (Wildman–Crippen MR) is 76.3 cm³/mol. The van der Waals surface area contributed by atoms with Crippen molar-refractivity contribution in [1.82, 2.24) is 0 Å². The number of hydrogen-bond acceptors (Lipinski definition) is 2. The molecule has 2 heteroatoms. The summed E-state index contributed by atoms with van der Waals surface area (Å²) in [5, 5.41) is 0. The van der Waals surface area contributed by atoms with Crippen molar-refractivity contribution in [1.29, 1.82) is 0 Å². The molecule has 0 aliphatic heterocycles. The molecule has 1 nitrogen and oxygen atoms in total. The van der Waals surface area contributed by atoms with Crippen molar-refractivity contribution in [2.24, 2.45) is 11.7 Å². The summed E-state index contributed by atoms with van der Waals surface area (Å²) in [7, 11) is 0. The van der Waals surface area contributed by atoms with Crippen molar-refractivity contribution in [3.63, 3.8) is 0 Å². The molecule has 1 fully saturated rings. The molecule has 2 rings (SSSR count). The molecule has 1 aromatic rings. The standard InChI is InChI=1S/C15H23NS/c1-17-14-10-8-13(9-11-14)15(16)12-6-4-2-3-5-7-12/h8-12,15H,2-7,16H2,1H3. The summed E-state index contributed by atoms with van der Waals surface area (Å²) >= 11 is 1.79. The molecule has 94 valence electrons. The third-order valence-electron chi connectivity index (χ3n) is 3.91. The minimum absolute atomic E-state index is 0.240. The zero-order chi connectivity index (χ0) is 12.1. The normalized spacial score (nSPS) is 19.9. The number of thioether (sulfide) groups is 1. The number of nitrogens with two attached hydrogens (primary N) is 1. The first kappa shape index (κ1) is 13.0. The van der Waals surface area contributed by atoms with Crippen molar-refractivity contribution in [3.8, 4) is 0 Å². The minimum atomic E-state index is 0.240. The highest BCUT2D eigenvalue weighted by Crippen LogP contribution is 2.32. The highest BCUT2D eigenvalue weighted by Gasteiger charge is 2.20. The average molecular weight is 249 g/mol. The van der Waals surface area contributed by atoms with Crippen LogP contribution in [0.4, 0.5) is 0 Å². The van der Waals surface area contributed by atoms with Gasteiger partial charge < -0.3 is 5.73 Å². The van der Waals surface area contributed by atoms with Gasteiger partial charge in [-0.2, -0.15) is 0 Å². The van der Waals surface area contributed by atoms with E-state index < -0.39 is 0 Å². The molecule has 1 atom stereocenters. The van der Waals surface area contributed by atoms with Gasteiger partial charge >= 0.3 is 0 Å². The van der Waals surface area contributed by atoms with Gasteiger partial charge in [0.2, 0.25) is 0 Å². The molecule has 1 aromatic carbocycles. The molecular weight excluding hydrogens is 226 g/mol. The Balaban J connectivity index is 2.03. The maximum absolute atomic E-state index is 6.42. The third-order valence-corrected chi connectivity index (χ3v) is 4.65. The molecule has 0 spiro atoms. The van der Waals surface area contributed by atoms with E-state index in [-0.39, 0.29) is 6.04 Å². The summed E-state index contributed by atoms with van der Waals surface area (Å²) in [4.78, 5) is 1.32. The molecule has 2 N–H and O–H groups in total. The summed E-state index contributed by atoms with van der Waals surface area (Å²) < 4.78 is 0. The molecule has 0 amide bonds. The molecule has 1 aliphatic rings. The smallest absolute Gasteiger partial charge is 0.0323 e. The van der Waals surface area contributed by atoms with E-state index in [0.29, 0.717) is 5.92 Å². The molecule has 0 aromatic heterocycles. The summed E-state index contributed by atoms with van der Waals surface area (Å²) in [6.07, 6.45) is 10.3. The van der Waals surface area contributed by atoms with E-state index in [1.165, 1.54) is 49.0 Å². The van der Waals surface area contributed by atoms with Gasteiger partial charge in [0, 0.05) is 10.9 Å². The van der Waals surface area contributed by atoms with Crippen molar-refractivity contribution < 1.29 is 0 Å². The predicted octanol–water partition coefficient (Wildman–Crippen LogP) is 4.38. The Labute approximate surface area is 109 Å². The Hall–Kier alpha value is -0.470. The van der Waals surface area contributed by atoms with Crippen molar-refractivity contribution in [2.75, 3.05) is 6.26 Å². The van der Waals surface area contributed by atoms with Crippen LogP contribution in [-0.4, -0.2) is 6.26 Å². The van der Waals surface area contributed by atoms with Crippen LogP contribution < -0.4 is 5.73 Å². The van der Waals surface area contributed by atoms with Gasteiger partial charge in [-0.1, -0.05) is 37.8 Å². The lowest BCUT2D eigenvalue weighted by Crippen LogP contribution is -2.21. The lowest BCUT2D eigenvalue weighted by molar-refractivity contribution is 0.382. The van der Waals surface area contributed by atoms with E-state index in [4.69, 9.17) is 5.73 Å². The van der Waals surface area contributed by atoms with E-state index in [1.807, 2.05) is 0 Å². The first-order valence-electron chi connectivity index (χ1n) is 6.71. The van der Waals surface area contributed by atoms with Crippen LogP contribution in [0, 0.1) is 5.92 Å². The topological polar surface area (TPSA) is 26.0 Å². The summed E-state index contributed by atoms with van der Waals surface area (Å²) in [6.45, 7) is 0. The van der Waals surface area contributed by atoms with Crippen LogP contribution >= 0.6 is 11.8 Å². The fourth-order valence-corrected chi connectivity index (χ4v) is 3.18. The monoisotopic (exact) mass is 249 g/mol.